The lowest BCUT2D eigenvalue weighted by Crippen LogP contribution is -2.43. The molecule has 26 heavy (non-hydrogen) atoms. The van der Waals surface area contributed by atoms with Gasteiger partial charge in [-0.2, -0.15) is 0 Å². The number of carboxylic acids is 1. The standard InChI is InChI=1S/C21H39NO4/c1-5-6-7-8-9-10-11-12-13-14-15-16-21(25)26-19(17-20(23)24)18-22(2,3)4/h8-9,19H,5-7,10-18H2,1-4H3/p+1/b9-8-/t19-/m0/s1. The normalized spacial score (nSPS) is 13.1. The summed E-state index contributed by atoms with van der Waals surface area (Å²) in [7, 11) is 5.88. The SMILES string of the molecule is CCCC/C=C\CCCCCCCC(=O)O[C@@H](CC(=O)O)C[N+](C)(C)C. The van der Waals surface area contributed by atoms with Crippen LogP contribution in [0.2, 0.25) is 0 Å². The van der Waals surface area contributed by atoms with E-state index in [4.69, 9.17) is 9.84 Å². The fourth-order valence-corrected chi connectivity index (χ4v) is 2.81. The molecule has 0 rings (SSSR count). The molecule has 5 nitrogen and oxygen atoms in total. The molecule has 152 valence electrons. The van der Waals surface area contributed by atoms with Crippen molar-refractivity contribution in [3.05, 3.63) is 12.2 Å². The Morgan fingerprint density at radius 3 is 2.12 bits per heavy atom. The third-order valence-electron chi connectivity index (χ3n) is 4.09. The molecule has 0 bridgehead atoms. The van der Waals surface area contributed by atoms with Gasteiger partial charge in [0.2, 0.25) is 0 Å². The number of unbranched alkanes of at least 4 members (excludes halogenated alkanes) is 7. The highest BCUT2D eigenvalue weighted by molar-refractivity contribution is 5.71. The van der Waals surface area contributed by atoms with Crippen LogP contribution < -0.4 is 0 Å². The van der Waals surface area contributed by atoms with Gasteiger partial charge in [-0.3, -0.25) is 9.59 Å². The van der Waals surface area contributed by atoms with E-state index >= 15 is 0 Å². The van der Waals surface area contributed by atoms with E-state index in [9.17, 15) is 9.59 Å². The molecule has 0 radical (unpaired) electrons. The monoisotopic (exact) mass is 370 g/mol. The van der Waals surface area contributed by atoms with Gasteiger partial charge in [0.15, 0.2) is 6.10 Å². The molecule has 0 aliphatic rings. The van der Waals surface area contributed by atoms with Gasteiger partial charge in [0.1, 0.15) is 6.54 Å². The van der Waals surface area contributed by atoms with Gasteiger partial charge in [0.25, 0.3) is 0 Å². The van der Waals surface area contributed by atoms with Crippen LogP contribution in [0.1, 0.15) is 77.6 Å². The van der Waals surface area contributed by atoms with E-state index < -0.39 is 12.1 Å². The van der Waals surface area contributed by atoms with Crippen LogP contribution in [0.3, 0.4) is 0 Å². The predicted octanol–water partition coefficient (Wildman–Crippen LogP) is 4.56. The van der Waals surface area contributed by atoms with Crippen molar-refractivity contribution in [2.45, 2.75) is 83.7 Å². The first-order valence-electron chi connectivity index (χ1n) is 10.1. The van der Waals surface area contributed by atoms with Crippen LogP contribution in [0.5, 0.6) is 0 Å². The first-order chi connectivity index (χ1) is 12.2. The van der Waals surface area contributed by atoms with Crippen molar-refractivity contribution >= 4 is 11.9 Å². The molecule has 0 unspecified atom stereocenters. The van der Waals surface area contributed by atoms with Crippen molar-refractivity contribution in [3.63, 3.8) is 0 Å². The van der Waals surface area contributed by atoms with E-state index in [1.807, 2.05) is 21.1 Å². The molecule has 0 aliphatic heterocycles. The minimum Gasteiger partial charge on any atom is -0.481 e. The summed E-state index contributed by atoms with van der Waals surface area (Å²) in [4.78, 5) is 22.9. The number of carbonyl (C=O) groups is 2. The highest BCUT2D eigenvalue weighted by Crippen LogP contribution is 2.11. The van der Waals surface area contributed by atoms with E-state index in [1.165, 1.54) is 32.1 Å². The molecule has 5 heteroatoms. The van der Waals surface area contributed by atoms with Gasteiger partial charge in [0, 0.05) is 6.42 Å². The second-order valence-corrected chi connectivity index (χ2v) is 8.10. The number of allylic oxidation sites excluding steroid dienone is 2. The molecule has 0 amide bonds. The highest BCUT2D eigenvalue weighted by atomic mass is 16.5. The third-order valence-corrected chi connectivity index (χ3v) is 4.09. The van der Waals surface area contributed by atoms with E-state index in [1.54, 1.807) is 0 Å². The summed E-state index contributed by atoms with van der Waals surface area (Å²) in [6, 6.07) is 0. The van der Waals surface area contributed by atoms with E-state index in [0.29, 0.717) is 17.4 Å². The minimum atomic E-state index is -0.931. The lowest BCUT2D eigenvalue weighted by Gasteiger charge is -2.28. The molecule has 0 spiro atoms. The summed E-state index contributed by atoms with van der Waals surface area (Å²) in [5.41, 5.74) is 0. The number of carbonyl (C=O) groups excluding carboxylic acids is 1. The highest BCUT2D eigenvalue weighted by Gasteiger charge is 2.24. The fraction of sp³-hybridized carbons (Fsp3) is 0.810. The fourth-order valence-electron chi connectivity index (χ4n) is 2.81. The summed E-state index contributed by atoms with van der Waals surface area (Å²) in [6.07, 6.45) is 14.5. The largest absolute Gasteiger partial charge is 0.481 e. The zero-order valence-electron chi connectivity index (χ0n) is 17.3. The number of quaternary nitrogens is 1. The molecule has 0 saturated heterocycles. The number of aliphatic carboxylic acids is 1. The first kappa shape index (κ1) is 24.6. The van der Waals surface area contributed by atoms with Crippen molar-refractivity contribution in [1.82, 2.24) is 0 Å². The number of nitrogens with zero attached hydrogens (tertiary/aromatic N) is 1. The number of carboxylic acid groups (broad SMARTS) is 1. The van der Waals surface area contributed by atoms with Crippen LogP contribution in [-0.2, 0) is 14.3 Å². The van der Waals surface area contributed by atoms with Crippen LogP contribution >= 0.6 is 0 Å². The van der Waals surface area contributed by atoms with Gasteiger partial charge in [-0.1, -0.05) is 51.2 Å². The summed E-state index contributed by atoms with van der Waals surface area (Å²) < 4.78 is 5.95. The van der Waals surface area contributed by atoms with Gasteiger partial charge >= 0.3 is 11.9 Å². The molecular weight excluding hydrogens is 330 g/mol. The summed E-state index contributed by atoms with van der Waals surface area (Å²) >= 11 is 0. The van der Waals surface area contributed by atoms with Crippen molar-refractivity contribution in [2.24, 2.45) is 0 Å². The van der Waals surface area contributed by atoms with Crippen molar-refractivity contribution in [3.8, 4) is 0 Å². The zero-order chi connectivity index (χ0) is 19.8. The third kappa shape index (κ3) is 17.5. The molecule has 0 aliphatic carbocycles. The van der Waals surface area contributed by atoms with E-state index in [0.717, 1.165) is 25.7 Å². The number of hydrogen-bond donors (Lipinski definition) is 1. The van der Waals surface area contributed by atoms with E-state index in [2.05, 4.69) is 19.1 Å². The Morgan fingerprint density at radius 1 is 0.962 bits per heavy atom. The Hall–Kier alpha value is -1.36. The number of ether oxygens (including phenoxy) is 1. The van der Waals surface area contributed by atoms with Crippen LogP contribution in [0.4, 0.5) is 0 Å². The second kappa shape index (κ2) is 14.8. The molecular formula is C21H40NO4+. The molecule has 0 aromatic rings. The quantitative estimate of drug-likeness (QED) is 0.187. The van der Waals surface area contributed by atoms with Crippen molar-refractivity contribution in [2.75, 3.05) is 27.7 Å². The zero-order valence-corrected chi connectivity index (χ0v) is 17.3. The topological polar surface area (TPSA) is 63.6 Å². The molecule has 0 fully saturated rings. The van der Waals surface area contributed by atoms with Gasteiger partial charge in [-0.25, -0.2) is 0 Å². The lowest BCUT2D eigenvalue weighted by molar-refractivity contribution is -0.873. The molecule has 0 aromatic heterocycles. The van der Waals surface area contributed by atoms with Crippen LogP contribution in [0.15, 0.2) is 12.2 Å². The summed E-state index contributed by atoms with van der Waals surface area (Å²) in [5, 5.41) is 8.97. The smallest absolute Gasteiger partial charge is 0.307 e. The molecule has 1 atom stereocenters. The number of likely N-dealkylation sites (N-methyl/N-ethyl adjacent to an activating group) is 1. The Balaban J connectivity index is 3.79. The summed E-state index contributed by atoms with van der Waals surface area (Å²) in [5.74, 6) is -1.21. The Morgan fingerprint density at radius 2 is 1.54 bits per heavy atom. The lowest BCUT2D eigenvalue weighted by atomic mass is 10.1. The van der Waals surface area contributed by atoms with E-state index in [-0.39, 0.29) is 12.4 Å². The van der Waals surface area contributed by atoms with Crippen molar-refractivity contribution < 1.29 is 23.9 Å². The Kier molecular flexibility index (Phi) is 14.0. The maximum Gasteiger partial charge on any atom is 0.307 e. The predicted molar refractivity (Wildman–Crippen MR) is 106 cm³/mol. The molecule has 1 N–H and O–H groups in total. The van der Waals surface area contributed by atoms with Crippen LogP contribution in [0, 0.1) is 0 Å². The molecule has 0 saturated carbocycles. The van der Waals surface area contributed by atoms with Gasteiger partial charge in [-0.15, -0.1) is 0 Å². The van der Waals surface area contributed by atoms with Gasteiger partial charge in [-0.05, 0) is 25.7 Å². The van der Waals surface area contributed by atoms with Gasteiger partial charge in [0.05, 0.1) is 27.6 Å². The number of hydrogen-bond acceptors (Lipinski definition) is 3. The second-order valence-electron chi connectivity index (χ2n) is 8.10. The average molecular weight is 371 g/mol. The average Bonchev–Trinajstić information content (AvgIpc) is 2.50. The molecule has 0 heterocycles. The van der Waals surface area contributed by atoms with Gasteiger partial charge < -0.3 is 14.3 Å². The molecule has 0 aromatic carbocycles. The Bertz CT molecular complexity index is 413. The number of rotatable bonds is 16. The Labute approximate surface area is 160 Å². The summed E-state index contributed by atoms with van der Waals surface area (Å²) in [6.45, 7) is 2.71. The maximum absolute atomic E-state index is 11.9. The maximum atomic E-state index is 11.9. The van der Waals surface area contributed by atoms with Crippen LogP contribution in [-0.4, -0.2) is 55.3 Å². The van der Waals surface area contributed by atoms with Crippen molar-refractivity contribution in [1.29, 1.82) is 0 Å². The van der Waals surface area contributed by atoms with Crippen LogP contribution in [0.25, 0.3) is 0 Å². The number of esters is 1. The minimum absolute atomic E-state index is 0.132. The first-order valence-corrected chi connectivity index (χ1v) is 10.1.